The van der Waals surface area contributed by atoms with Crippen molar-refractivity contribution in [3.05, 3.63) is 41.7 Å². The Hall–Kier alpha value is -2.13. The molecule has 158 valence electrons. The lowest BCUT2D eigenvalue weighted by molar-refractivity contribution is -0.137. The number of amides is 1. The van der Waals surface area contributed by atoms with Crippen LogP contribution in [0, 0.1) is 11.8 Å². The number of nitrogens with zero attached hydrogens (tertiary/aromatic N) is 3. The van der Waals surface area contributed by atoms with Crippen molar-refractivity contribution in [1.29, 1.82) is 0 Å². The van der Waals surface area contributed by atoms with E-state index in [2.05, 4.69) is 15.6 Å². The molecule has 1 heterocycles. The number of alkyl halides is 3. The predicted octanol–water partition coefficient (Wildman–Crippen LogP) is 3.34. The maximum Gasteiger partial charge on any atom is 0.418 e. The molecule has 1 aromatic carbocycles. The first-order valence-electron chi connectivity index (χ1n) is 9.48. The Balaban J connectivity index is 0.00000240. The smallest absolute Gasteiger partial charge is 0.347 e. The number of aromatic nitrogens is 3. The van der Waals surface area contributed by atoms with Crippen molar-refractivity contribution in [3.63, 3.8) is 0 Å². The predicted molar refractivity (Wildman–Crippen MR) is 103 cm³/mol. The van der Waals surface area contributed by atoms with Crippen molar-refractivity contribution in [2.75, 3.05) is 0 Å². The Labute approximate surface area is 172 Å². The van der Waals surface area contributed by atoms with Crippen LogP contribution in [0.3, 0.4) is 0 Å². The van der Waals surface area contributed by atoms with Crippen molar-refractivity contribution in [3.8, 4) is 5.69 Å². The topological polar surface area (TPSA) is 85.8 Å². The van der Waals surface area contributed by atoms with Crippen LogP contribution < -0.4 is 11.1 Å². The monoisotopic (exact) mass is 429 g/mol. The number of rotatable bonds is 3. The van der Waals surface area contributed by atoms with Crippen LogP contribution in [0.5, 0.6) is 0 Å². The number of hydrogen-bond acceptors (Lipinski definition) is 4. The number of para-hydroxylation sites is 1. The maximum absolute atomic E-state index is 13.2. The highest BCUT2D eigenvalue weighted by atomic mass is 35.5. The molecule has 2 atom stereocenters. The molecule has 0 saturated heterocycles. The molecule has 0 aliphatic heterocycles. The van der Waals surface area contributed by atoms with E-state index < -0.39 is 17.6 Å². The molecule has 2 aliphatic rings. The number of fused-ring (bicyclic) bond motifs is 2. The Morgan fingerprint density at radius 3 is 2.48 bits per heavy atom. The van der Waals surface area contributed by atoms with Gasteiger partial charge in [0.1, 0.15) is 0 Å². The average Bonchev–Trinajstić information content (AvgIpc) is 3.12. The fourth-order valence-corrected chi connectivity index (χ4v) is 4.65. The molecule has 3 N–H and O–H groups in total. The molecule has 29 heavy (non-hydrogen) atoms. The highest BCUT2D eigenvalue weighted by Gasteiger charge is 2.40. The van der Waals surface area contributed by atoms with Crippen LogP contribution in [0.25, 0.3) is 5.69 Å². The van der Waals surface area contributed by atoms with Gasteiger partial charge in [-0.1, -0.05) is 23.8 Å². The molecular formula is C19H23ClF3N5O. The van der Waals surface area contributed by atoms with Gasteiger partial charge in [0.15, 0.2) is 5.69 Å². The van der Waals surface area contributed by atoms with E-state index in [-0.39, 0.29) is 35.9 Å². The summed E-state index contributed by atoms with van der Waals surface area (Å²) < 4.78 is 40.7. The van der Waals surface area contributed by atoms with E-state index in [0.29, 0.717) is 11.8 Å². The van der Waals surface area contributed by atoms with Gasteiger partial charge in [-0.05, 0) is 49.7 Å². The van der Waals surface area contributed by atoms with Crippen molar-refractivity contribution in [2.24, 2.45) is 17.6 Å². The van der Waals surface area contributed by atoms with Gasteiger partial charge in [-0.2, -0.15) is 13.2 Å². The lowest BCUT2D eigenvalue weighted by Crippen LogP contribution is -2.53. The second-order valence-electron chi connectivity index (χ2n) is 7.75. The van der Waals surface area contributed by atoms with E-state index in [1.54, 1.807) is 0 Å². The maximum atomic E-state index is 13.2. The van der Waals surface area contributed by atoms with Crippen molar-refractivity contribution in [1.82, 2.24) is 20.3 Å². The van der Waals surface area contributed by atoms with Crippen LogP contribution in [0.4, 0.5) is 13.2 Å². The van der Waals surface area contributed by atoms with Gasteiger partial charge in [-0.3, -0.25) is 4.79 Å². The zero-order chi connectivity index (χ0) is 19.9. The molecule has 2 aromatic rings. The highest BCUT2D eigenvalue weighted by molar-refractivity contribution is 5.92. The third-order valence-electron chi connectivity index (χ3n) is 5.86. The largest absolute Gasteiger partial charge is 0.418 e. The SMILES string of the molecule is Cl.NC1CC2CCCC(C1)C2NC(=O)c1cn(-c2ccccc2C(F)(F)F)nn1. The first-order valence-corrected chi connectivity index (χ1v) is 9.48. The minimum absolute atomic E-state index is 0. The molecule has 2 fully saturated rings. The third kappa shape index (κ3) is 4.40. The van der Waals surface area contributed by atoms with Crippen molar-refractivity contribution < 1.29 is 18.0 Å². The number of nitrogens with one attached hydrogen (secondary N) is 1. The minimum Gasteiger partial charge on any atom is -0.347 e. The normalized spacial score (nSPS) is 26.5. The van der Waals surface area contributed by atoms with Crippen LogP contribution in [0.15, 0.2) is 30.5 Å². The average molecular weight is 430 g/mol. The second kappa shape index (κ2) is 8.31. The summed E-state index contributed by atoms with van der Waals surface area (Å²) in [6.07, 6.45) is 1.67. The Kier molecular flexibility index (Phi) is 6.19. The fourth-order valence-electron chi connectivity index (χ4n) is 4.65. The first-order chi connectivity index (χ1) is 13.3. The Morgan fingerprint density at radius 2 is 1.83 bits per heavy atom. The molecule has 2 saturated carbocycles. The summed E-state index contributed by atoms with van der Waals surface area (Å²) in [5.41, 5.74) is 5.12. The van der Waals surface area contributed by atoms with E-state index in [0.717, 1.165) is 42.9 Å². The molecule has 0 spiro atoms. The molecule has 0 radical (unpaired) electrons. The number of carbonyl (C=O) groups excluding carboxylic acids is 1. The van der Waals surface area contributed by atoms with Crippen LogP contribution in [-0.4, -0.2) is 33.0 Å². The fraction of sp³-hybridized carbons (Fsp3) is 0.526. The van der Waals surface area contributed by atoms with E-state index in [1.165, 1.54) is 24.4 Å². The Bertz CT molecular complexity index is 858. The summed E-state index contributed by atoms with van der Waals surface area (Å²) in [5, 5.41) is 10.6. The Morgan fingerprint density at radius 1 is 1.17 bits per heavy atom. The number of hydrogen-bond donors (Lipinski definition) is 2. The van der Waals surface area contributed by atoms with Crippen LogP contribution in [-0.2, 0) is 6.18 Å². The van der Waals surface area contributed by atoms with Crippen LogP contribution >= 0.6 is 12.4 Å². The minimum atomic E-state index is -4.52. The van der Waals surface area contributed by atoms with E-state index >= 15 is 0 Å². The summed E-state index contributed by atoms with van der Waals surface area (Å²) in [6, 6.07) is 5.27. The van der Waals surface area contributed by atoms with E-state index in [4.69, 9.17) is 5.73 Å². The zero-order valence-corrected chi connectivity index (χ0v) is 16.4. The molecule has 2 unspecified atom stereocenters. The van der Waals surface area contributed by atoms with Gasteiger partial charge in [0, 0.05) is 12.1 Å². The molecule has 1 amide bonds. The summed E-state index contributed by atoms with van der Waals surface area (Å²) in [6.45, 7) is 0. The molecule has 1 aromatic heterocycles. The summed E-state index contributed by atoms with van der Waals surface area (Å²) >= 11 is 0. The third-order valence-corrected chi connectivity index (χ3v) is 5.86. The number of benzene rings is 1. The van der Waals surface area contributed by atoms with Crippen LogP contribution in [0.1, 0.15) is 48.2 Å². The van der Waals surface area contributed by atoms with Crippen molar-refractivity contribution in [2.45, 2.75) is 50.4 Å². The van der Waals surface area contributed by atoms with Gasteiger partial charge in [-0.25, -0.2) is 4.68 Å². The molecule has 2 aliphatic carbocycles. The molecule has 10 heteroatoms. The highest BCUT2D eigenvalue weighted by Crippen LogP contribution is 2.39. The lowest BCUT2D eigenvalue weighted by Gasteiger charge is -2.45. The van der Waals surface area contributed by atoms with Gasteiger partial charge in [-0.15, -0.1) is 17.5 Å². The van der Waals surface area contributed by atoms with Gasteiger partial charge in [0.2, 0.25) is 0 Å². The molecule has 4 rings (SSSR count). The number of halogens is 4. The molecular weight excluding hydrogens is 407 g/mol. The van der Waals surface area contributed by atoms with Gasteiger partial charge >= 0.3 is 6.18 Å². The van der Waals surface area contributed by atoms with Gasteiger partial charge in [0.05, 0.1) is 17.4 Å². The van der Waals surface area contributed by atoms with Gasteiger partial charge in [0.25, 0.3) is 5.91 Å². The van der Waals surface area contributed by atoms with E-state index in [9.17, 15) is 18.0 Å². The zero-order valence-electron chi connectivity index (χ0n) is 15.6. The first kappa shape index (κ1) is 21.6. The second-order valence-corrected chi connectivity index (χ2v) is 7.75. The van der Waals surface area contributed by atoms with Crippen LogP contribution in [0.2, 0.25) is 0 Å². The summed E-state index contributed by atoms with van der Waals surface area (Å²) in [4.78, 5) is 12.7. The summed E-state index contributed by atoms with van der Waals surface area (Å²) in [7, 11) is 0. The molecule has 2 bridgehead atoms. The van der Waals surface area contributed by atoms with E-state index in [1.807, 2.05) is 0 Å². The number of nitrogens with two attached hydrogens (primary N) is 1. The molecule has 6 nitrogen and oxygen atoms in total. The summed E-state index contributed by atoms with van der Waals surface area (Å²) in [5.74, 6) is 0.271. The van der Waals surface area contributed by atoms with Crippen molar-refractivity contribution >= 4 is 18.3 Å². The standard InChI is InChI=1S/C19H22F3N5O.ClH/c20-19(21,22)14-6-1-2-7-16(14)27-10-15(25-26-27)18(28)24-17-11-4-3-5-12(17)9-13(23)8-11;/h1-2,6-7,10-13,17H,3-5,8-9,23H2,(H,24,28);1H. The quantitative estimate of drug-likeness (QED) is 0.783. The number of carbonyl (C=O) groups is 1. The lowest BCUT2D eigenvalue weighted by atomic mass is 9.67. The van der Waals surface area contributed by atoms with Gasteiger partial charge < -0.3 is 11.1 Å².